The molecule has 3 rings (SSSR count). The number of aryl methyl sites for hydroxylation is 1. The number of aromatic nitrogens is 3. The Morgan fingerprint density at radius 2 is 2.13 bits per heavy atom. The maximum atomic E-state index is 12.7. The van der Waals surface area contributed by atoms with Crippen molar-refractivity contribution in [2.75, 3.05) is 0 Å². The van der Waals surface area contributed by atoms with Gasteiger partial charge in [0.05, 0.1) is 12.1 Å². The first-order valence-electron chi connectivity index (χ1n) is 6.84. The molecule has 1 N–H and O–H groups in total. The minimum atomic E-state index is -4.47. The van der Waals surface area contributed by atoms with Crippen LogP contribution in [0, 0.1) is 0 Å². The van der Waals surface area contributed by atoms with E-state index in [4.69, 9.17) is 5.11 Å². The van der Waals surface area contributed by atoms with Gasteiger partial charge in [-0.3, -0.25) is 4.57 Å². The molecule has 1 aliphatic heterocycles. The van der Waals surface area contributed by atoms with Crippen LogP contribution in [0.15, 0.2) is 29.1 Å². The Kier molecular flexibility index (Phi) is 3.50. The highest BCUT2D eigenvalue weighted by molar-refractivity contribution is 5.72. The van der Waals surface area contributed by atoms with Gasteiger partial charge in [-0.15, -0.1) is 0 Å². The van der Waals surface area contributed by atoms with Gasteiger partial charge in [-0.2, -0.15) is 18.3 Å². The van der Waals surface area contributed by atoms with Crippen LogP contribution in [0.3, 0.4) is 0 Å². The number of benzene rings is 1. The number of halogens is 3. The summed E-state index contributed by atoms with van der Waals surface area (Å²) >= 11 is 0. The summed E-state index contributed by atoms with van der Waals surface area (Å²) in [6.45, 7) is -0.144. The van der Waals surface area contributed by atoms with Gasteiger partial charge >= 0.3 is 17.8 Å². The molecule has 1 aromatic carbocycles. The lowest BCUT2D eigenvalue weighted by Gasteiger charge is -2.09. The van der Waals surface area contributed by atoms with Gasteiger partial charge in [0.25, 0.3) is 0 Å². The Labute approximate surface area is 127 Å². The first-order valence-corrected chi connectivity index (χ1v) is 6.84. The van der Waals surface area contributed by atoms with Gasteiger partial charge < -0.3 is 5.11 Å². The Morgan fingerprint density at radius 1 is 1.39 bits per heavy atom. The molecule has 0 bridgehead atoms. The molecule has 0 amide bonds. The van der Waals surface area contributed by atoms with Gasteiger partial charge in [0.15, 0.2) is 0 Å². The van der Waals surface area contributed by atoms with Crippen LogP contribution in [0.2, 0.25) is 0 Å². The summed E-state index contributed by atoms with van der Waals surface area (Å²) in [6, 6.07) is 3.65. The maximum Gasteiger partial charge on any atom is 0.416 e. The van der Waals surface area contributed by atoms with Crippen molar-refractivity contribution in [2.24, 2.45) is 0 Å². The van der Waals surface area contributed by atoms with Crippen LogP contribution in [0.5, 0.6) is 0 Å². The molecule has 0 spiro atoms. The van der Waals surface area contributed by atoms with E-state index in [0.717, 1.165) is 21.4 Å². The molecule has 0 saturated heterocycles. The third-order valence-electron chi connectivity index (χ3n) is 3.77. The summed E-state index contributed by atoms with van der Waals surface area (Å²) in [6.07, 6.45) is -3.83. The van der Waals surface area contributed by atoms with E-state index in [1.807, 2.05) is 0 Å². The molecule has 1 atom stereocenters. The Balaban J connectivity index is 1.93. The molecule has 0 fully saturated rings. The average molecular weight is 327 g/mol. The summed E-state index contributed by atoms with van der Waals surface area (Å²) in [5, 5.41) is 13.1. The molecule has 0 aliphatic carbocycles. The van der Waals surface area contributed by atoms with E-state index in [1.54, 1.807) is 0 Å². The van der Waals surface area contributed by atoms with Gasteiger partial charge in [0.2, 0.25) is 0 Å². The van der Waals surface area contributed by atoms with Crippen LogP contribution >= 0.6 is 0 Å². The summed E-state index contributed by atoms with van der Waals surface area (Å²) < 4.78 is 40.2. The zero-order valence-corrected chi connectivity index (χ0v) is 11.7. The van der Waals surface area contributed by atoms with Gasteiger partial charge in [0.1, 0.15) is 11.9 Å². The number of rotatable bonds is 3. The Bertz CT molecular complexity index is 823. The van der Waals surface area contributed by atoms with E-state index in [0.29, 0.717) is 12.2 Å². The van der Waals surface area contributed by atoms with Crippen molar-refractivity contribution in [1.29, 1.82) is 0 Å². The number of alkyl halides is 3. The van der Waals surface area contributed by atoms with Crippen LogP contribution in [0.1, 0.15) is 29.4 Å². The van der Waals surface area contributed by atoms with E-state index in [9.17, 15) is 22.8 Å². The normalized spacial score (nSPS) is 17.3. The fraction of sp³-hybridized carbons (Fsp3) is 0.357. The van der Waals surface area contributed by atoms with Gasteiger partial charge in [-0.05, 0) is 24.1 Å². The minimum absolute atomic E-state index is 0.144. The average Bonchev–Trinajstić information content (AvgIpc) is 3.00. The van der Waals surface area contributed by atoms with Gasteiger partial charge in [-0.25, -0.2) is 14.3 Å². The first kappa shape index (κ1) is 15.3. The Morgan fingerprint density at radius 3 is 2.78 bits per heavy atom. The van der Waals surface area contributed by atoms with Gasteiger partial charge in [0, 0.05) is 6.42 Å². The zero-order chi connectivity index (χ0) is 16.8. The number of nitrogens with zero attached hydrogens (tertiary/aromatic N) is 3. The minimum Gasteiger partial charge on any atom is -0.480 e. The van der Waals surface area contributed by atoms with E-state index < -0.39 is 29.4 Å². The standard InChI is InChI=1S/C14H12F3N3O3/c15-14(16,17)9-3-1-2-8(6-9)7-19-13(23)20-10(12(21)22)4-5-11(20)18-19/h1-3,6,10H,4-5,7H2,(H,21,22)/t10-/m0/s1. The molecule has 0 unspecified atom stereocenters. The SMILES string of the molecule is O=C(O)[C@@H]1CCc2nn(Cc3cccc(C(F)(F)F)c3)c(=O)n21. The molecular formula is C14H12F3N3O3. The number of carboxylic acids is 1. The topological polar surface area (TPSA) is 77.1 Å². The molecule has 1 aromatic heterocycles. The second-order valence-corrected chi connectivity index (χ2v) is 5.32. The predicted octanol–water partition coefficient (Wildman–Crippen LogP) is 1.68. The van der Waals surface area contributed by atoms with Crippen LogP contribution < -0.4 is 5.69 Å². The molecule has 9 heteroatoms. The van der Waals surface area contributed by atoms with Crippen LogP contribution in [0.25, 0.3) is 0 Å². The highest BCUT2D eigenvalue weighted by Gasteiger charge is 2.33. The lowest BCUT2D eigenvalue weighted by molar-refractivity contribution is -0.141. The van der Waals surface area contributed by atoms with E-state index in [2.05, 4.69) is 5.10 Å². The van der Waals surface area contributed by atoms with E-state index in [1.165, 1.54) is 12.1 Å². The van der Waals surface area contributed by atoms with Crippen molar-refractivity contribution < 1.29 is 23.1 Å². The second-order valence-electron chi connectivity index (χ2n) is 5.32. The highest BCUT2D eigenvalue weighted by atomic mass is 19.4. The molecule has 2 heterocycles. The summed E-state index contributed by atoms with van der Waals surface area (Å²) in [4.78, 5) is 23.4. The highest BCUT2D eigenvalue weighted by Crippen LogP contribution is 2.29. The van der Waals surface area contributed by atoms with E-state index in [-0.39, 0.29) is 18.5 Å². The molecule has 122 valence electrons. The number of carboxylic acid groups (broad SMARTS) is 1. The third-order valence-corrected chi connectivity index (χ3v) is 3.77. The maximum absolute atomic E-state index is 12.7. The summed E-state index contributed by atoms with van der Waals surface area (Å²) in [5.41, 5.74) is -1.16. The predicted molar refractivity (Wildman–Crippen MR) is 72.0 cm³/mol. The van der Waals surface area contributed by atoms with Crippen molar-refractivity contribution in [2.45, 2.75) is 31.6 Å². The van der Waals surface area contributed by atoms with E-state index >= 15 is 0 Å². The molecule has 6 nitrogen and oxygen atoms in total. The van der Waals surface area contributed by atoms with Crippen LogP contribution in [0.4, 0.5) is 13.2 Å². The first-order chi connectivity index (χ1) is 10.8. The fourth-order valence-electron chi connectivity index (χ4n) is 2.70. The fourth-order valence-corrected chi connectivity index (χ4v) is 2.70. The molecule has 0 saturated carbocycles. The monoisotopic (exact) mass is 327 g/mol. The van der Waals surface area contributed by atoms with Crippen molar-refractivity contribution in [3.63, 3.8) is 0 Å². The molecular weight excluding hydrogens is 315 g/mol. The number of aliphatic carboxylic acids is 1. The Hall–Kier alpha value is -2.58. The second kappa shape index (κ2) is 5.25. The molecule has 1 aliphatic rings. The van der Waals surface area contributed by atoms with Crippen molar-refractivity contribution in [1.82, 2.24) is 14.3 Å². The van der Waals surface area contributed by atoms with Gasteiger partial charge in [-0.1, -0.05) is 12.1 Å². The zero-order valence-electron chi connectivity index (χ0n) is 11.7. The number of hydrogen-bond acceptors (Lipinski definition) is 3. The van der Waals surface area contributed by atoms with Crippen LogP contribution in [-0.4, -0.2) is 25.4 Å². The number of fused-ring (bicyclic) bond motifs is 1. The third kappa shape index (κ3) is 2.73. The molecule has 0 radical (unpaired) electrons. The number of carbonyl (C=O) groups is 1. The lowest BCUT2D eigenvalue weighted by Crippen LogP contribution is -2.30. The summed E-state index contributed by atoms with van der Waals surface area (Å²) in [5.74, 6) is -0.779. The number of hydrogen-bond donors (Lipinski definition) is 1. The quantitative estimate of drug-likeness (QED) is 0.930. The lowest BCUT2D eigenvalue weighted by atomic mass is 10.1. The van der Waals surface area contributed by atoms with Crippen molar-refractivity contribution in [3.8, 4) is 0 Å². The largest absolute Gasteiger partial charge is 0.480 e. The molecule has 23 heavy (non-hydrogen) atoms. The van der Waals surface area contributed by atoms with Crippen LogP contribution in [-0.2, 0) is 23.9 Å². The smallest absolute Gasteiger partial charge is 0.416 e. The van der Waals surface area contributed by atoms with Crippen molar-refractivity contribution in [3.05, 3.63) is 51.7 Å². The molecule has 2 aromatic rings. The summed E-state index contributed by atoms with van der Waals surface area (Å²) in [7, 11) is 0. The van der Waals surface area contributed by atoms with Crippen molar-refractivity contribution >= 4 is 5.97 Å².